The first-order chi connectivity index (χ1) is 9.86. The number of likely N-dealkylation sites (tertiary alicyclic amines) is 1. The average Bonchev–Trinajstić information content (AvgIpc) is 2.45. The van der Waals surface area contributed by atoms with Crippen molar-refractivity contribution in [1.82, 2.24) is 9.21 Å². The zero-order chi connectivity index (χ0) is 15.6. The van der Waals surface area contributed by atoms with Crippen LogP contribution in [-0.2, 0) is 10.0 Å². The van der Waals surface area contributed by atoms with Gasteiger partial charge in [-0.3, -0.25) is 0 Å². The number of hydrogen-bond acceptors (Lipinski definition) is 5. The zero-order valence-corrected chi connectivity index (χ0v) is 13.6. The third kappa shape index (κ3) is 3.30. The van der Waals surface area contributed by atoms with Gasteiger partial charge < -0.3 is 15.4 Å². The molecule has 1 fully saturated rings. The van der Waals surface area contributed by atoms with Gasteiger partial charge in [0.05, 0.1) is 12.8 Å². The molecule has 1 saturated heterocycles. The summed E-state index contributed by atoms with van der Waals surface area (Å²) in [5.41, 5.74) is 6.09. The monoisotopic (exact) mass is 313 g/mol. The van der Waals surface area contributed by atoms with Gasteiger partial charge in [-0.1, -0.05) is 0 Å². The van der Waals surface area contributed by atoms with Crippen LogP contribution >= 0.6 is 0 Å². The van der Waals surface area contributed by atoms with Gasteiger partial charge in [0.25, 0.3) is 0 Å². The minimum atomic E-state index is -3.59. The number of rotatable bonds is 4. The fourth-order valence-electron chi connectivity index (χ4n) is 2.68. The standard InChI is InChI=1S/C14H23N3O3S/c1-16-8-4-5-11(10-16)17(2)21(18,19)14-7-6-12(20-3)9-13(14)15/h6-7,9,11H,4-5,8,10,15H2,1-3H3. The van der Waals surface area contributed by atoms with Crippen molar-refractivity contribution in [1.29, 1.82) is 0 Å². The third-order valence-electron chi connectivity index (χ3n) is 3.99. The van der Waals surface area contributed by atoms with Gasteiger partial charge in [0.2, 0.25) is 10.0 Å². The van der Waals surface area contributed by atoms with Crippen molar-refractivity contribution in [3.63, 3.8) is 0 Å². The molecule has 0 radical (unpaired) electrons. The van der Waals surface area contributed by atoms with E-state index in [0.717, 1.165) is 25.9 Å². The van der Waals surface area contributed by atoms with Crippen molar-refractivity contribution < 1.29 is 13.2 Å². The number of ether oxygens (including phenoxy) is 1. The molecule has 118 valence electrons. The van der Waals surface area contributed by atoms with Crippen LogP contribution in [0.3, 0.4) is 0 Å². The number of nitrogen functional groups attached to an aromatic ring is 1. The van der Waals surface area contributed by atoms with Gasteiger partial charge in [0, 0.05) is 25.7 Å². The maximum Gasteiger partial charge on any atom is 0.245 e. The first-order valence-electron chi connectivity index (χ1n) is 6.96. The lowest BCUT2D eigenvalue weighted by Gasteiger charge is -2.35. The number of nitrogens with zero attached hydrogens (tertiary/aromatic N) is 2. The molecule has 1 aromatic carbocycles. The van der Waals surface area contributed by atoms with Crippen LogP contribution < -0.4 is 10.5 Å². The van der Waals surface area contributed by atoms with Crippen molar-refractivity contribution in [2.24, 2.45) is 0 Å². The molecule has 7 heteroatoms. The highest BCUT2D eigenvalue weighted by Crippen LogP contribution is 2.28. The largest absolute Gasteiger partial charge is 0.497 e. The van der Waals surface area contributed by atoms with E-state index in [9.17, 15) is 8.42 Å². The number of piperidine rings is 1. The fraction of sp³-hybridized carbons (Fsp3) is 0.571. The van der Waals surface area contributed by atoms with Crippen LogP contribution in [0.15, 0.2) is 23.1 Å². The molecular formula is C14H23N3O3S. The van der Waals surface area contributed by atoms with Crippen molar-refractivity contribution >= 4 is 15.7 Å². The summed E-state index contributed by atoms with van der Waals surface area (Å²) >= 11 is 0. The highest BCUT2D eigenvalue weighted by atomic mass is 32.2. The number of methoxy groups -OCH3 is 1. The molecule has 2 rings (SSSR count). The Bertz CT molecular complexity index is 603. The molecule has 1 atom stereocenters. The fourth-order valence-corrected chi connectivity index (χ4v) is 4.15. The minimum Gasteiger partial charge on any atom is -0.497 e. The predicted octanol–water partition coefficient (Wildman–Crippen LogP) is 0.992. The maximum absolute atomic E-state index is 12.7. The average molecular weight is 313 g/mol. The van der Waals surface area contributed by atoms with E-state index in [1.807, 2.05) is 7.05 Å². The van der Waals surface area contributed by atoms with Crippen molar-refractivity contribution in [3.05, 3.63) is 18.2 Å². The molecule has 6 nitrogen and oxygen atoms in total. The first-order valence-corrected chi connectivity index (χ1v) is 8.40. The van der Waals surface area contributed by atoms with E-state index in [1.165, 1.54) is 23.5 Å². The summed E-state index contributed by atoms with van der Waals surface area (Å²) in [5.74, 6) is 0.548. The van der Waals surface area contributed by atoms with Gasteiger partial charge in [0.1, 0.15) is 10.6 Å². The van der Waals surface area contributed by atoms with Crippen LogP contribution in [-0.4, -0.2) is 58.0 Å². The lowest BCUT2D eigenvalue weighted by Crippen LogP contribution is -2.47. The number of nitrogens with two attached hydrogens (primary N) is 1. The molecule has 0 spiro atoms. The molecule has 1 aliphatic heterocycles. The van der Waals surface area contributed by atoms with Crippen LogP contribution in [0.4, 0.5) is 5.69 Å². The Kier molecular flexibility index (Phi) is 4.75. The number of likely N-dealkylation sites (N-methyl/N-ethyl adjacent to an activating group) is 2. The number of benzene rings is 1. The van der Waals surface area contributed by atoms with Crippen LogP contribution in [0, 0.1) is 0 Å². The van der Waals surface area contributed by atoms with Gasteiger partial charge in [-0.05, 0) is 38.6 Å². The first kappa shape index (κ1) is 16.1. The molecule has 2 N–H and O–H groups in total. The van der Waals surface area contributed by atoms with E-state index in [2.05, 4.69) is 4.90 Å². The number of sulfonamides is 1. The second kappa shape index (κ2) is 6.21. The summed E-state index contributed by atoms with van der Waals surface area (Å²) in [6.07, 6.45) is 1.87. The molecule has 21 heavy (non-hydrogen) atoms. The Morgan fingerprint density at radius 1 is 1.43 bits per heavy atom. The molecule has 1 aromatic rings. The number of anilines is 1. The molecule has 0 bridgehead atoms. The number of hydrogen-bond donors (Lipinski definition) is 1. The molecule has 1 aliphatic rings. The third-order valence-corrected chi connectivity index (χ3v) is 5.97. The molecule has 1 heterocycles. The van der Waals surface area contributed by atoms with Gasteiger partial charge in [0.15, 0.2) is 0 Å². The smallest absolute Gasteiger partial charge is 0.245 e. The Hall–Kier alpha value is -1.31. The summed E-state index contributed by atoms with van der Waals surface area (Å²) in [5, 5.41) is 0. The van der Waals surface area contributed by atoms with E-state index in [4.69, 9.17) is 10.5 Å². The molecule has 0 aliphatic carbocycles. The van der Waals surface area contributed by atoms with E-state index in [-0.39, 0.29) is 16.6 Å². The summed E-state index contributed by atoms with van der Waals surface area (Å²) in [7, 11) is 1.57. The summed E-state index contributed by atoms with van der Waals surface area (Å²) in [6, 6.07) is 4.64. The van der Waals surface area contributed by atoms with Crippen LogP contribution in [0.25, 0.3) is 0 Å². The van der Waals surface area contributed by atoms with Gasteiger partial charge in [-0.2, -0.15) is 4.31 Å². The minimum absolute atomic E-state index is 0.0183. The van der Waals surface area contributed by atoms with Crippen LogP contribution in [0.1, 0.15) is 12.8 Å². The molecule has 0 amide bonds. The topological polar surface area (TPSA) is 75.9 Å². The summed E-state index contributed by atoms with van der Waals surface area (Å²) in [4.78, 5) is 2.29. The lowest BCUT2D eigenvalue weighted by atomic mass is 10.1. The second-order valence-electron chi connectivity index (χ2n) is 5.48. The van der Waals surface area contributed by atoms with Crippen LogP contribution in [0.5, 0.6) is 5.75 Å². The van der Waals surface area contributed by atoms with E-state index in [1.54, 1.807) is 13.1 Å². The summed E-state index contributed by atoms with van der Waals surface area (Å²) < 4.78 is 32.0. The van der Waals surface area contributed by atoms with E-state index < -0.39 is 10.0 Å². The normalized spacial score (nSPS) is 20.7. The Morgan fingerprint density at radius 2 is 2.14 bits per heavy atom. The lowest BCUT2D eigenvalue weighted by molar-refractivity contribution is 0.187. The quantitative estimate of drug-likeness (QED) is 0.839. The highest BCUT2D eigenvalue weighted by Gasteiger charge is 2.31. The molecule has 1 unspecified atom stereocenters. The van der Waals surface area contributed by atoms with Crippen molar-refractivity contribution in [3.8, 4) is 5.75 Å². The molecular weight excluding hydrogens is 290 g/mol. The van der Waals surface area contributed by atoms with Gasteiger partial charge in [-0.15, -0.1) is 0 Å². The molecule has 0 aromatic heterocycles. The Balaban J connectivity index is 2.28. The molecule has 0 saturated carbocycles. The SMILES string of the molecule is COc1ccc(S(=O)(=O)N(C)C2CCCN(C)C2)c(N)c1. The zero-order valence-electron chi connectivity index (χ0n) is 12.7. The maximum atomic E-state index is 12.7. The van der Waals surface area contributed by atoms with Gasteiger partial charge in [-0.25, -0.2) is 8.42 Å². The highest BCUT2D eigenvalue weighted by molar-refractivity contribution is 7.89. The van der Waals surface area contributed by atoms with Crippen LogP contribution in [0.2, 0.25) is 0 Å². The second-order valence-corrected chi connectivity index (χ2v) is 7.45. The van der Waals surface area contributed by atoms with Crippen molar-refractivity contribution in [2.45, 2.75) is 23.8 Å². The predicted molar refractivity (Wildman–Crippen MR) is 82.9 cm³/mol. The summed E-state index contributed by atoms with van der Waals surface area (Å²) in [6.45, 7) is 1.75. The van der Waals surface area contributed by atoms with E-state index >= 15 is 0 Å². The van der Waals surface area contributed by atoms with Crippen molar-refractivity contribution in [2.75, 3.05) is 40.0 Å². The van der Waals surface area contributed by atoms with Gasteiger partial charge >= 0.3 is 0 Å². The Labute approximate surface area is 126 Å². The Morgan fingerprint density at radius 3 is 2.71 bits per heavy atom. The van der Waals surface area contributed by atoms with E-state index in [0.29, 0.717) is 5.75 Å².